The molecule has 1 aliphatic carbocycles. The van der Waals surface area contributed by atoms with Crippen LogP contribution in [0.2, 0.25) is 0 Å². The standard InChI is InChI=1S/C32H18N2O2/c35-31-24-10-2-1-7-21(24)25-17-27-30(18-26(25)31)36-32(33-27)19-13-15-20(16-14-19)34-28-11-5-3-8-22(28)23-9-4-6-12-29(23)34/h1-18H. The third kappa shape index (κ3) is 2.58. The number of fused-ring (bicyclic) bond motifs is 7. The highest BCUT2D eigenvalue weighted by molar-refractivity contribution is 6.23. The second kappa shape index (κ2) is 7.03. The van der Waals surface area contributed by atoms with Crippen LogP contribution in [0.3, 0.4) is 0 Å². The van der Waals surface area contributed by atoms with Crippen LogP contribution < -0.4 is 0 Å². The molecule has 0 radical (unpaired) electrons. The number of aromatic nitrogens is 2. The third-order valence-corrected chi connectivity index (χ3v) is 7.19. The minimum absolute atomic E-state index is 0.0379. The first kappa shape index (κ1) is 19.4. The van der Waals surface area contributed by atoms with Gasteiger partial charge < -0.3 is 8.98 Å². The van der Waals surface area contributed by atoms with Gasteiger partial charge in [-0.25, -0.2) is 4.98 Å². The van der Waals surface area contributed by atoms with Crippen molar-refractivity contribution in [3.63, 3.8) is 0 Å². The molecule has 0 atom stereocenters. The fraction of sp³-hybridized carbons (Fsp3) is 0. The Labute approximate surface area is 206 Å². The molecule has 4 heteroatoms. The molecule has 5 aromatic carbocycles. The smallest absolute Gasteiger partial charge is 0.227 e. The van der Waals surface area contributed by atoms with Crippen molar-refractivity contribution in [2.24, 2.45) is 0 Å². The third-order valence-electron chi connectivity index (χ3n) is 7.19. The molecule has 0 unspecified atom stereocenters. The van der Waals surface area contributed by atoms with Crippen LogP contribution in [-0.2, 0) is 0 Å². The highest BCUT2D eigenvalue weighted by Gasteiger charge is 2.28. The van der Waals surface area contributed by atoms with Gasteiger partial charge in [-0.2, -0.15) is 0 Å². The molecule has 8 rings (SSSR count). The van der Waals surface area contributed by atoms with Crippen LogP contribution in [0.15, 0.2) is 114 Å². The molecule has 168 valence electrons. The molecule has 36 heavy (non-hydrogen) atoms. The van der Waals surface area contributed by atoms with E-state index in [1.54, 1.807) is 0 Å². The number of carbonyl (C=O) groups excluding carboxylic acids is 1. The van der Waals surface area contributed by atoms with Gasteiger partial charge >= 0.3 is 0 Å². The highest BCUT2D eigenvalue weighted by atomic mass is 16.3. The number of nitrogens with zero attached hydrogens (tertiary/aromatic N) is 2. The first-order chi connectivity index (χ1) is 17.8. The molecular weight excluding hydrogens is 444 g/mol. The summed E-state index contributed by atoms with van der Waals surface area (Å²) < 4.78 is 8.41. The van der Waals surface area contributed by atoms with Crippen molar-refractivity contribution in [2.75, 3.05) is 0 Å². The molecule has 0 N–H and O–H groups in total. The minimum atomic E-state index is 0.0379. The van der Waals surface area contributed by atoms with Crippen molar-refractivity contribution in [2.45, 2.75) is 0 Å². The van der Waals surface area contributed by atoms with Crippen molar-refractivity contribution in [1.82, 2.24) is 9.55 Å². The van der Waals surface area contributed by atoms with Crippen molar-refractivity contribution < 1.29 is 9.21 Å². The maximum atomic E-state index is 12.9. The van der Waals surface area contributed by atoms with Crippen molar-refractivity contribution in [3.8, 4) is 28.3 Å². The van der Waals surface area contributed by atoms with Crippen molar-refractivity contribution >= 4 is 38.7 Å². The van der Waals surface area contributed by atoms with E-state index in [0.717, 1.165) is 33.5 Å². The summed E-state index contributed by atoms with van der Waals surface area (Å²) in [5.41, 5.74) is 8.98. The van der Waals surface area contributed by atoms with Gasteiger partial charge in [0.15, 0.2) is 11.4 Å². The number of hydrogen-bond donors (Lipinski definition) is 0. The maximum absolute atomic E-state index is 12.9. The number of oxazole rings is 1. The maximum Gasteiger partial charge on any atom is 0.227 e. The Bertz CT molecular complexity index is 1960. The fourth-order valence-corrected chi connectivity index (χ4v) is 5.52. The van der Waals surface area contributed by atoms with Gasteiger partial charge in [0.25, 0.3) is 0 Å². The number of hydrogen-bond acceptors (Lipinski definition) is 3. The Morgan fingerprint density at radius 2 is 1.25 bits per heavy atom. The molecule has 0 bridgehead atoms. The summed E-state index contributed by atoms with van der Waals surface area (Å²) in [6.07, 6.45) is 0. The van der Waals surface area contributed by atoms with E-state index < -0.39 is 0 Å². The van der Waals surface area contributed by atoms with E-state index in [1.807, 2.05) is 48.5 Å². The first-order valence-corrected chi connectivity index (χ1v) is 11.9. The van der Waals surface area contributed by atoms with Gasteiger partial charge in [0.05, 0.1) is 11.0 Å². The van der Waals surface area contributed by atoms with Gasteiger partial charge in [0.2, 0.25) is 5.89 Å². The molecule has 0 saturated carbocycles. The Morgan fingerprint density at radius 1 is 0.611 bits per heavy atom. The van der Waals surface area contributed by atoms with E-state index in [-0.39, 0.29) is 5.78 Å². The summed E-state index contributed by atoms with van der Waals surface area (Å²) >= 11 is 0. The highest BCUT2D eigenvalue weighted by Crippen LogP contribution is 2.40. The summed E-state index contributed by atoms with van der Waals surface area (Å²) in [5, 5.41) is 2.47. The summed E-state index contributed by atoms with van der Waals surface area (Å²) in [6.45, 7) is 0. The molecule has 1 aliphatic rings. The zero-order valence-corrected chi connectivity index (χ0v) is 19.1. The van der Waals surface area contributed by atoms with E-state index in [0.29, 0.717) is 17.0 Å². The van der Waals surface area contributed by atoms with Gasteiger partial charge in [-0.15, -0.1) is 0 Å². The Balaban J connectivity index is 1.23. The summed E-state index contributed by atoms with van der Waals surface area (Å²) in [6, 6.07) is 36.7. The Hall–Kier alpha value is -4.96. The number of benzene rings is 5. The largest absolute Gasteiger partial charge is 0.436 e. The normalized spacial score (nSPS) is 12.5. The predicted molar refractivity (Wildman–Crippen MR) is 143 cm³/mol. The molecular formula is C32H18N2O2. The van der Waals surface area contributed by atoms with Crippen LogP contribution in [0.25, 0.3) is 61.2 Å². The average Bonchev–Trinajstić information content (AvgIpc) is 3.58. The monoisotopic (exact) mass is 462 g/mol. The lowest BCUT2D eigenvalue weighted by molar-refractivity contribution is 0.104. The van der Waals surface area contributed by atoms with Crippen LogP contribution in [0.1, 0.15) is 15.9 Å². The predicted octanol–water partition coefficient (Wildman–Crippen LogP) is 7.80. The number of rotatable bonds is 2. The van der Waals surface area contributed by atoms with E-state index in [9.17, 15) is 4.79 Å². The molecule has 4 nitrogen and oxygen atoms in total. The molecule has 0 fully saturated rings. The zero-order valence-electron chi connectivity index (χ0n) is 19.1. The second-order valence-electron chi connectivity index (χ2n) is 9.18. The molecule has 7 aromatic rings. The van der Waals surface area contributed by atoms with E-state index in [4.69, 9.17) is 9.40 Å². The van der Waals surface area contributed by atoms with Gasteiger partial charge in [0.1, 0.15) is 5.52 Å². The SMILES string of the molecule is O=C1c2ccccc2-c2cc3nc(-c4ccc(-n5c6ccccc6c6ccccc65)cc4)oc3cc21. The molecule has 0 saturated heterocycles. The quantitative estimate of drug-likeness (QED) is 0.263. The fourth-order valence-electron chi connectivity index (χ4n) is 5.52. The van der Waals surface area contributed by atoms with E-state index in [1.165, 1.54) is 21.8 Å². The van der Waals surface area contributed by atoms with Gasteiger partial charge in [-0.05, 0) is 59.7 Å². The minimum Gasteiger partial charge on any atom is -0.436 e. The second-order valence-corrected chi connectivity index (χ2v) is 9.18. The Kier molecular flexibility index (Phi) is 3.78. The summed E-state index contributed by atoms with van der Waals surface area (Å²) in [7, 11) is 0. The van der Waals surface area contributed by atoms with Crippen molar-refractivity contribution in [3.05, 3.63) is 120 Å². The van der Waals surface area contributed by atoms with Gasteiger partial charge in [-0.3, -0.25) is 4.79 Å². The van der Waals surface area contributed by atoms with Crippen LogP contribution in [0.4, 0.5) is 0 Å². The van der Waals surface area contributed by atoms with Crippen molar-refractivity contribution in [1.29, 1.82) is 0 Å². The lowest BCUT2D eigenvalue weighted by atomic mass is 10.1. The molecule has 0 spiro atoms. The summed E-state index contributed by atoms with van der Waals surface area (Å²) in [4.78, 5) is 17.6. The average molecular weight is 463 g/mol. The number of ketones is 1. The topological polar surface area (TPSA) is 48.0 Å². The van der Waals surface area contributed by atoms with E-state index in [2.05, 4.69) is 65.2 Å². The van der Waals surface area contributed by atoms with Crippen LogP contribution in [-0.4, -0.2) is 15.3 Å². The molecule has 2 heterocycles. The van der Waals surface area contributed by atoms with Gasteiger partial charge in [-0.1, -0.05) is 60.7 Å². The number of carbonyl (C=O) groups is 1. The first-order valence-electron chi connectivity index (χ1n) is 11.9. The molecule has 0 aliphatic heterocycles. The zero-order chi connectivity index (χ0) is 23.8. The van der Waals surface area contributed by atoms with E-state index >= 15 is 0 Å². The molecule has 0 amide bonds. The van der Waals surface area contributed by atoms with Crippen LogP contribution in [0.5, 0.6) is 0 Å². The number of para-hydroxylation sites is 2. The van der Waals surface area contributed by atoms with Crippen LogP contribution >= 0.6 is 0 Å². The Morgan fingerprint density at radius 3 is 1.97 bits per heavy atom. The van der Waals surface area contributed by atoms with Gasteiger partial charge in [0, 0.05) is 33.2 Å². The lowest BCUT2D eigenvalue weighted by Crippen LogP contribution is -1.94. The van der Waals surface area contributed by atoms with Crippen LogP contribution in [0, 0.1) is 0 Å². The lowest BCUT2D eigenvalue weighted by Gasteiger charge is -2.08. The summed E-state index contributed by atoms with van der Waals surface area (Å²) in [5.74, 6) is 0.583. The molecule has 2 aromatic heterocycles.